The quantitative estimate of drug-likeness (QED) is 0.578. The normalized spacial score (nSPS) is 9.41. The van der Waals surface area contributed by atoms with Crippen LogP contribution in [0.2, 0.25) is 0 Å². The molecule has 0 saturated heterocycles. The second-order valence-corrected chi connectivity index (χ2v) is 3.54. The molecule has 2 heteroatoms. The molecule has 0 amide bonds. The van der Waals surface area contributed by atoms with Crippen LogP contribution in [-0.2, 0) is 4.79 Å². The van der Waals surface area contributed by atoms with Gasteiger partial charge in [-0.05, 0) is 16.8 Å². The fourth-order valence-electron chi connectivity index (χ4n) is 1.71. The molecule has 2 aromatic rings. The summed E-state index contributed by atoms with van der Waals surface area (Å²) in [4.78, 5) is 21.2. The Bertz CT molecular complexity index is 630. The maximum atomic E-state index is 11.0. The molecule has 0 aliphatic rings. The first-order valence-electron chi connectivity index (χ1n) is 5.26. The van der Waals surface area contributed by atoms with Crippen molar-refractivity contribution in [3.05, 3.63) is 47.5 Å². The number of hydrogen-bond acceptors (Lipinski definition) is 2. The van der Waals surface area contributed by atoms with Crippen LogP contribution in [0.25, 0.3) is 10.8 Å². The molecule has 2 aromatic carbocycles. The van der Waals surface area contributed by atoms with Crippen molar-refractivity contribution < 1.29 is 9.59 Å². The van der Waals surface area contributed by atoms with Crippen LogP contribution in [-0.4, -0.2) is 12.6 Å². The highest BCUT2D eigenvalue weighted by molar-refractivity contribution is 5.95. The zero-order valence-electron chi connectivity index (χ0n) is 9.14. The van der Waals surface area contributed by atoms with Gasteiger partial charge < -0.3 is 4.79 Å². The number of rotatable bonds is 2. The van der Waals surface area contributed by atoms with Crippen LogP contribution < -0.4 is 0 Å². The van der Waals surface area contributed by atoms with Crippen molar-refractivity contribution in [3.8, 4) is 11.8 Å². The summed E-state index contributed by atoms with van der Waals surface area (Å²) in [6, 6.07) is 11.4. The summed E-state index contributed by atoms with van der Waals surface area (Å²) in [7, 11) is 0. The molecule has 17 heavy (non-hydrogen) atoms. The summed E-state index contributed by atoms with van der Waals surface area (Å²) in [5.41, 5.74) is 1.25. The number of carbonyl (C=O) groups excluding carboxylic acids is 2. The van der Waals surface area contributed by atoms with E-state index in [-0.39, 0.29) is 6.42 Å². The molecule has 82 valence electrons. The van der Waals surface area contributed by atoms with Crippen molar-refractivity contribution >= 4 is 23.3 Å². The molecule has 0 unspecified atom stereocenters. The predicted molar refractivity (Wildman–Crippen MR) is 66.9 cm³/mol. The standard InChI is InChI=1S/C15H10O2/c16-10-4-3-7-15-13(11-17)9-8-12-5-1-2-6-14(12)15/h1-2,5-6,8-11H,4H2. The van der Waals surface area contributed by atoms with Gasteiger partial charge in [0.25, 0.3) is 0 Å². The molecule has 2 rings (SSSR count). The minimum atomic E-state index is 0.182. The monoisotopic (exact) mass is 222 g/mol. The maximum Gasteiger partial charge on any atom is 0.151 e. The first-order chi connectivity index (χ1) is 8.36. The highest BCUT2D eigenvalue weighted by Crippen LogP contribution is 2.20. The van der Waals surface area contributed by atoms with E-state index in [1.54, 1.807) is 6.07 Å². The Morgan fingerprint density at radius 3 is 2.65 bits per heavy atom. The molecule has 0 bridgehead atoms. The first-order valence-corrected chi connectivity index (χ1v) is 5.26. The van der Waals surface area contributed by atoms with Crippen LogP contribution >= 0.6 is 0 Å². The van der Waals surface area contributed by atoms with Crippen molar-refractivity contribution in [2.75, 3.05) is 0 Å². The zero-order chi connectivity index (χ0) is 12.1. The van der Waals surface area contributed by atoms with E-state index in [1.807, 2.05) is 30.3 Å². The van der Waals surface area contributed by atoms with E-state index in [4.69, 9.17) is 0 Å². The number of carbonyl (C=O) groups is 2. The topological polar surface area (TPSA) is 34.1 Å². The lowest BCUT2D eigenvalue weighted by atomic mass is 10.00. The second kappa shape index (κ2) is 5.09. The number of aldehydes is 2. The fraction of sp³-hybridized carbons (Fsp3) is 0.0667. The summed E-state index contributed by atoms with van der Waals surface area (Å²) in [5.74, 6) is 5.64. The lowest BCUT2D eigenvalue weighted by Crippen LogP contribution is -1.89. The third kappa shape index (κ3) is 2.24. The molecule has 0 aliphatic heterocycles. The van der Waals surface area contributed by atoms with Crippen LogP contribution in [0.5, 0.6) is 0 Å². The molecular formula is C15H10O2. The Kier molecular flexibility index (Phi) is 3.32. The Hall–Kier alpha value is -2.40. The predicted octanol–water partition coefficient (Wildman–Crippen LogP) is 2.59. The molecule has 0 aliphatic carbocycles. The smallest absolute Gasteiger partial charge is 0.151 e. The van der Waals surface area contributed by atoms with Crippen molar-refractivity contribution in [1.29, 1.82) is 0 Å². The van der Waals surface area contributed by atoms with Crippen LogP contribution in [0.1, 0.15) is 22.3 Å². The number of benzene rings is 2. The SMILES string of the molecule is O=CCC#Cc1c(C=O)ccc2ccccc12. The van der Waals surface area contributed by atoms with Gasteiger partial charge in [0.05, 0.1) is 6.42 Å². The third-order valence-corrected chi connectivity index (χ3v) is 2.49. The Morgan fingerprint density at radius 2 is 1.88 bits per heavy atom. The van der Waals surface area contributed by atoms with E-state index in [2.05, 4.69) is 11.8 Å². The van der Waals surface area contributed by atoms with Gasteiger partial charge in [0.1, 0.15) is 6.29 Å². The van der Waals surface area contributed by atoms with E-state index < -0.39 is 0 Å². The lowest BCUT2D eigenvalue weighted by molar-refractivity contribution is -0.107. The lowest BCUT2D eigenvalue weighted by Gasteiger charge is -2.03. The average Bonchev–Trinajstić information content (AvgIpc) is 2.39. The maximum absolute atomic E-state index is 11.0. The molecular weight excluding hydrogens is 212 g/mol. The van der Waals surface area contributed by atoms with Gasteiger partial charge in [-0.3, -0.25) is 4.79 Å². The van der Waals surface area contributed by atoms with Crippen molar-refractivity contribution in [2.24, 2.45) is 0 Å². The third-order valence-electron chi connectivity index (χ3n) is 2.49. The molecule has 0 saturated carbocycles. The van der Waals surface area contributed by atoms with Gasteiger partial charge in [-0.15, -0.1) is 0 Å². The minimum Gasteiger partial charge on any atom is -0.302 e. The minimum absolute atomic E-state index is 0.182. The van der Waals surface area contributed by atoms with E-state index in [0.29, 0.717) is 11.1 Å². The van der Waals surface area contributed by atoms with E-state index in [9.17, 15) is 9.59 Å². The van der Waals surface area contributed by atoms with E-state index >= 15 is 0 Å². The zero-order valence-corrected chi connectivity index (χ0v) is 9.14. The molecule has 0 atom stereocenters. The molecule has 2 nitrogen and oxygen atoms in total. The van der Waals surface area contributed by atoms with Gasteiger partial charge in [0.2, 0.25) is 0 Å². The van der Waals surface area contributed by atoms with Gasteiger partial charge >= 0.3 is 0 Å². The van der Waals surface area contributed by atoms with Gasteiger partial charge in [0.15, 0.2) is 6.29 Å². The summed E-state index contributed by atoms with van der Waals surface area (Å²) in [6.45, 7) is 0. The summed E-state index contributed by atoms with van der Waals surface area (Å²) < 4.78 is 0. The average molecular weight is 222 g/mol. The van der Waals surface area contributed by atoms with Gasteiger partial charge in [-0.1, -0.05) is 42.2 Å². The van der Waals surface area contributed by atoms with E-state index in [0.717, 1.165) is 23.3 Å². The van der Waals surface area contributed by atoms with Crippen molar-refractivity contribution in [1.82, 2.24) is 0 Å². The number of fused-ring (bicyclic) bond motifs is 1. The first kappa shape index (κ1) is 11.1. The highest BCUT2D eigenvalue weighted by Gasteiger charge is 2.03. The summed E-state index contributed by atoms with van der Waals surface area (Å²) in [5, 5.41) is 1.98. The van der Waals surface area contributed by atoms with E-state index in [1.165, 1.54) is 0 Å². The fourth-order valence-corrected chi connectivity index (χ4v) is 1.71. The van der Waals surface area contributed by atoms with Crippen molar-refractivity contribution in [3.63, 3.8) is 0 Å². The van der Waals surface area contributed by atoms with Crippen LogP contribution in [0, 0.1) is 11.8 Å². The molecule has 0 spiro atoms. The molecule has 0 fully saturated rings. The van der Waals surface area contributed by atoms with Crippen LogP contribution in [0.15, 0.2) is 36.4 Å². The largest absolute Gasteiger partial charge is 0.302 e. The van der Waals surface area contributed by atoms with Crippen molar-refractivity contribution in [2.45, 2.75) is 6.42 Å². The molecule has 0 heterocycles. The summed E-state index contributed by atoms with van der Waals surface area (Å²) in [6.07, 6.45) is 1.72. The Morgan fingerprint density at radius 1 is 1.06 bits per heavy atom. The Balaban J connectivity index is 2.68. The van der Waals surface area contributed by atoms with Gasteiger partial charge in [0, 0.05) is 11.1 Å². The summed E-state index contributed by atoms with van der Waals surface area (Å²) >= 11 is 0. The molecule has 0 aromatic heterocycles. The number of hydrogen-bond donors (Lipinski definition) is 0. The van der Waals surface area contributed by atoms with Gasteiger partial charge in [-0.25, -0.2) is 0 Å². The molecule has 0 N–H and O–H groups in total. The Labute approximate surface area is 99.3 Å². The van der Waals surface area contributed by atoms with Gasteiger partial charge in [-0.2, -0.15) is 0 Å². The van der Waals surface area contributed by atoms with Crippen LogP contribution in [0.4, 0.5) is 0 Å². The van der Waals surface area contributed by atoms with Crippen LogP contribution in [0.3, 0.4) is 0 Å². The molecule has 0 radical (unpaired) electrons. The second-order valence-electron chi connectivity index (χ2n) is 3.54. The highest BCUT2D eigenvalue weighted by atomic mass is 16.1.